The van der Waals surface area contributed by atoms with Crippen LogP contribution >= 0.6 is 22.9 Å². The molecule has 3 heterocycles. The molecular weight excluding hydrogens is 404 g/mol. The van der Waals surface area contributed by atoms with E-state index in [-0.39, 0.29) is 11.9 Å². The lowest BCUT2D eigenvalue weighted by atomic mass is 10.1. The van der Waals surface area contributed by atoms with Crippen LogP contribution in [-0.2, 0) is 13.0 Å². The molecule has 1 fully saturated rings. The van der Waals surface area contributed by atoms with E-state index >= 15 is 0 Å². The zero-order valence-electron chi connectivity index (χ0n) is 16.3. The molecule has 0 radical (unpaired) electrons. The van der Waals surface area contributed by atoms with Gasteiger partial charge in [0.2, 0.25) is 0 Å². The highest BCUT2D eigenvalue weighted by Gasteiger charge is 2.28. The molecule has 2 aromatic heterocycles. The Morgan fingerprint density at radius 3 is 2.76 bits per heavy atom. The summed E-state index contributed by atoms with van der Waals surface area (Å²) in [6.45, 7) is 3.94. The van der Waals surface area contributed by atoms with E-state index in [1.165, 1.54) is 16.9 Å². The van der Waals surface area contributed by atoms with Gasteiger partial charge in [-0.15, -0.1) is 11.3 Å². The van der Waals surface area contributed by atoms with Crippen LogP contribution in [0.15, 0.2) is 48.0 Å². The molecule has 29 heavy (non-hydrogen) atoms. The summed E-state index contributed by atoms with van der Waals surface area (Å²) in [6, 6.07) is 11.8. The number of carbonyl (C=O) groups excluding carboxylic acids is 1. The van der Waals surface area contributed by atoms with Crippen LogP contribution in [0.5, 0.6) is 0 Å². The van der Waals surface area contributed by atoms with Gasteiger partial charge < -0.3 is 0 Å². The maximum atomic E-state index is 12.5. The molecule has 3 aromatic rings. The zero-order valence-corrected chi connectivity index (χ0v) is 17.8. The molecule has 0 spiro atoms. The highest BCUT2D eigenvalue weighted by Crippen LogP contribution is 2.34. The number of hydrogen-bond donors (Lipinski definition) is 1. The summed E-state index contributed by atoms with van der Waals surface area (Å²) in [5, 5.41) is 6.14. The van der Waals surface area contributed by atoms with Crippen molar-refractivity contribution in [1.82, 2.24) is 14.9 Å². The molecule has 1 saturated heterocycles. The highest BCUT2D eigenvalue weighted by molar-refractivity contribution is 7.14. The second kappa shape index (κ2) is 9.03. The van der Waals surface area contributed by atoms with Crippen LogP contribution in [0.4, 0.5) is 5.13 Å². The van der Waals surface area contributed by atoms with Crippen molar-refractivity contribution in [2.24, 2.45) is 0 Å². The standard InChI is InChI=1S/C22H23ClN4OS/c1-2-15-5-8-17(9-6-15)21(28)26-22-25-18(14-29-22)19-4-3-11-27(19)13-16-7-10-20(23)24-12-16/h5-10,12,14,19H,2-4,11,13H2,1H3,(H,25,26,28)/t19-/m0/s1. The van der Waals surface area contributed by atoms with Gasteiger partial charge in [-0.2, -0.15) is 0 Å². The number of carbonyl (C=O) groups is 1. The average Bonchev–Trinajstić information content (AvgIpc) is 3.39. The van der Waals surface area contributed by atoms with E-state index in [0.717, 1.165) is 43.6 Å². The van der Waals surface area contributed by atoms with E-state index in [4.69, 9.17) is 16.6 Å². The van der Waals surface area contributed by atoms with Gasteiger partial charge in [0.1, 0.15) is 5.15 Å². The van der Waals surface area contributed by atoms with E-state index < -0.39 is 0 Å². The Hall–Kier alpha value is -2.28. The van der Waals surface area contributed by atoms with Gasteiger partial charge in [-0.3, -0.25) is 15.0 Å². The number of pyridine rings is 1. The fraction of sp³-hybridized carbons (Fsp3) is 0.318. The van der Waals surface area contributed by atoms with Gasteiger partial charge in [0, 0.05) is 23.7 Å². The topological polar surface area (TPSA) is 58.1 Å². The third-order valence-electron chi connectivity index (χ3n) is 5.25. The van der Waals surface area contributed by atoms with Crippen molar-refractivity contribution in [2.75, 3.05) is 11.9 Å². The number of anilines is 1. The number of nitrogens with zero attached hydrogens (tertiary/aromatic N) is 3. The third-order valence-corrected chi connectivity index (χ3v) is 6.25. The first-order valence-electron chi connectivity index (χ1n) is 9.82. The number of likely N-dealkylation sites (tertiary alicyclic amines) is 1. The number of aromatic nitrogens is 2. The molecule has 1 aromatic carbocycles. The molecule has 1 amide bonds. The third kappa shape index (κ3) is 4.83. The van der Waals surface area contributed by atoms with E-state index in [1.807, 2.05) is 42.6 Å². The fourth-order valence-corrected chi connectivity index (χ4v) is 4.51. The second-order valence-electron chi connectivity index (χ2n) is 7.20. The summed E-state index contributed by atoms with van der Waals surface area (Å²) in [4.78, 5) is 23.8. The zero-order chi connectivity index (χ0) is 20.2. The molecule has 4 rings (SSSR count). The lowest BCUT2D eigenvalue weighted by Gasteiger charge is -2.22. The van der Waals surface area contributed by atoms with Crippen LogP contribution < -0.4 is 5.32 Å². The Morgan fingerprint density at radius 2 is 2.03 bits per heavy atom. The summed E-state index contributed by atoms with van der Waals surface area (Å²) in [5.74, 6) is -0.121. The smallest absolute Gasteiger partial charge is 0.257 e. The molecule has 0 saturated carbocycles. The molecule has 1 atom stereocenters. The summed E-state index contributed by atoms with van der Waals surface area (Å²) in [6.07, 6.45) is 4.99. The van der Waals surface area contributed by atoms with Crippen molar-refractivity contribution in [3.8, 4) is 0 Å². The number of benzene rings is 1. The normalized spacial score (nSPS) is 16.8. The number of amides is 1. The SMILES string of the molecule is CCc1ccc(C(=O)Nc2nc([C@@H]3CCCN3Cc3ccc(Cl)nc3)cs2)cc1. The van der Waals surface area contributed by atoms with Crippen molar-refractivity contribution in [3.05, 3.63) is 75.5 Å². The average molecular weight is 427 g/mol. The second-order valence-corrected chi connectivity index (χ2v) is 8.45. The molecule has 1 aliphatic heterocycles. The minimum absolute atomic E-state index is 0.121. The quantitative estimate of drug-likeness (QED) is 0.540. The van der Waals surface area contributed by atoms with E-state index in [1.54, 1.807) is 0 Å². The Labute approximate surface area is 179 Å². The number of rotatable bonds is 6. The van der Waals surface area contributed by atoms with Crippen LogP contribution in [0.3, 0.4) is 0 Å². The Morgan fingerprint density at radius 1 is 1.24 bits per heavy atom. The molecule has 1 aliphatic rings. The first-order valence-corrected chi connectivity index (χ1v) is 11.1. The molecule has 0 aliphatic carbocycles. The predicted octanol–water partition coefficient (Wildman–Crippen LogP) is 5.34. The largest absolute Gasteiger partial charge is 0.298 e. The van der Waals surface area contributed by atoms with Crippen molar-refractivity contribution in [1.29, 1.82) is 0 Å². The van der Waals surface area contributed by atoms with E-state index in [9.17, 15) is 4.79 Å². The van der Waals surface area contributed by atoms with Gasteiger partial charge in [0.15, 0.2) is 5.13 Å². The van der Waals surface area contributed by atoms with E-state index in [2.05, 4.69) is 27.5 Å². The lowest BCUT2D eigenvalue weighted by Crippen LogP contribution is -2.23. The molecule has 5 nitrogen and oxygen atoms in total. The number of hydrogen-bond acceptors (Lipinski definition) is 5. The summed E-state index contributed by atoms with van der Waals surface area (Å²) in [5.41, 5.74) is 4.03. The predicted molar refractivity (Wildman–Crippen MR) is 118 cm³/mol. The Bertz CT molecular complexity index is 971. The number of thiazole rings is 1. The minimum atomic E-state index is -0.121. The van der Waals surface area contributed by atoms with Crippen molar-refractivity contribution in [3.63, 3.8) is 0 Å². The first-order chi connectivity index (χ1) is 14.1. The molecule has 0 bridgehead atoms. The maximum absolute atomic E-state index is 12.5. The van der Waals surface area contributed by atoms with Crippen LogP contribution in [0.2, 0.25) is 5.15 Å². The molecule has 150 valence electrons. The van der Waals surface area contributed by atoms with Gasteiger partial charge >= 0.3 is 0 Å². The number of nitrogens with one attached hydrogen (secondary N) is 1. The van der Waals surface area contributed by atoms with Gasteiger partial charge in [0.25, 0.3) is 5.91 Å². The van der Waals surface area contributed by atoms with Crippen LogP contribution in [0.25, 0.3) is 0 Å². The summed E-state index contributed by atoms with van der Waals surface area (Å²) in [7, 11) is 0. The van der Waals surface area contributed by atoms with Crippen LogP contribution in [-0.4, -0.2) is 27.3 Å². The van der Waals surface area contributed by atoms with E-state index in [0.29, 0.717) is 15.8 Å². The maximum Gasteiger partial charge on any atom is 0.257 e. The number of aryl methyl sites for hydroxylation is 1. The summed E-state index contributed by atoms with van der Waals surface area (Å²) >= 11 is 7.37. The number of halogens is 1. The van der Waals surface area contributed by atoms with Crippen molar-refractivity contribution in [2.45, 2.75) is 38.8 Å². The molecule has 1 N–H and O–H groups in total. The van der Waals surface area contributed by atoms with Crippen molar-refractivity contribution < 1.29 is 4.79 Å². The van der Waals surface area contributed by atoms with Gasteiger partial charge in [-0.1, -0.05) is 36.7 Å². The monoisotopic (exact) mass is 426 g/mol. The fourth-order valence-electron chi connectivity index (χ4n) is 3.64. The minimum Gasteiger partial charge on any atom is -0.298 e. The lowest BCUT2D eigenvalue weighted by molar-refractivity contribution is 0.102. The molecule has 7 heteroatoms. The first kappa shape index (κ1) is 20.0. The summed E-state index contributed by atoms with van der Waals surface area (Å²) < 4.78 is 0. The van der Waals surface area contributed by atoms with Crippen LogP contribution in [0, 0.1) is 0 Å². The van der Waals surface area contributed by atoms with Crippen molar-refractivity contribution >= 4 is 34.0 Å². The van der Waals surface area contributed by atoms with Gasteiger partial charge in [-0.05, 0) is 55.1 Å². The molecule has 0 unspecified atom stereocenters. The van der Waals surface area contributed by atoms with Crippen LogP contribution in [0.1, 0.15) is 53.0 Å². The Kier molecular flexibility index (Phi) is 6.23. The Balaban J connectivity index is 1.41. The molecular formula is C22H23ClN4OS. The van der Waals surface area contributed by atoms with Gasteiger partial charge in [0.05, 0.1) is 11.7 Å². The highest BCUT2D eigenvalue weighted by atomic mass is 35.5. The van der Waals surface area contributed by atoms with Gasteiger partial charge in [-0.25, -0.2) is 9.97 Å².